The molecule has 4 nitrogen and oxygen atoms in total. The number of likely N-dealkylation sites (N-methyl/N-ethyl adjacent to an activating group) is 1. The van der Waals surface area contributed by atoms with Crippen LogP contribution < -0.4 is 5.73 Å². The molecule has 1 atom stereocenters. The van der Waals surface area contributed by atoms with Crippen molar-refractivity contribution in [2.24, 2.45) is 11.7 Å². The Morgan fingerprint density at radius 3 is 2.53 bits per heavy atom. The summed E-state index contributed by atoms with van der Waals surface area (Å²) in [6, 6.07) is 0.0211. The Kier molecular flexibility index (Phi) is 7.39. The van der Waals surface area contributed by atoms with Crippen LogP contribution >= 0.6 is 0 Å². The molecule has 1 saturated carbocycles. The number of ether oxygens (including phenoxy) is 1. The van der Waals surface area contributed by atoms with Crippen molar-refractivity contribution in [3.05, 3.63) is 0 Å². The Bertz CT molecular complexity index is 263. The quantitative estimate of drug-likeness (QED) is 0.721. The molecule has 112 valence electrons. The van der Waals surface area contributed by atoms with Gasteiger partial charge in [0.2, 0.25) is 5.91 Å². The van der Waals surface area contributed by atoms with Gasteiger partial charge < -0.3 is 15.4 Å². The maximum Gasteiger partial charge on any atom is 0.239 e. The summed E-state index contributed by atoms with van der Waals surface area (Å²) in [5.41, 5.74) is 5.97. The fourth-order valence-corrected chi connectivity index (χ4v) is 2.95. The summed E-state index contributed by atoms with van der Waals surface area (Å²) in [7, 11) is 3.58. The van der Waals surface area contributed by atoms with Gasteiger partial charge in [-0.25, -0.2) is 0 Å². The van der Waals surface area contributed by atoms with E-state index in [-0.39, 0.29) is 11.9 Å². The van der Waals surface area contributed by atoms with E-state index in [2.05, 4.69) is 6.92 Å². The molecule has 0 radical (unpaired) electrons. The lowest BCUT2D eigenvalue weighted by atomic mass is 9.84. The maximum absolute atomic E-state index is 12.2. The Morgan fingerprint density at radius 1 is 1.37 bits per heavy atom. The molecule has 0 aromatic rings. The molecule has 2 N–H and O–H groups in total. The molecule has 1 aliphatic rings. The van der Waals surface area contributed by atoms with E-state index in [1.165, 1.54) is 19.3 Å². The van der Waals surface area contributed by atoms with Crippen LogP contribution in [0, 0.1) is 5.92 Å². The normalized spacial score (nSPS) is 25.1. The minimum atomic E-state index is -0.371. The Labute approximate surface area is 117 Å². The van der Waals surface area contributed by atoms with E-state index in [1.807, 2.05) is 11.9 Å². The van der Waals surface area contributed by atoms with Crippen LogP contribution in [0.3, 0.4) is 0 Å². The predicted molar refractivity (Wildman–Crippen MR) is 77.9 cm³/mol. The molecule has 0 saturated heterocycles. The van der Waals surface area contributed by atoms with Gasteiger partial charge in [-0.15, -0.1) is 0 Å². The summed E-state index contributed by atoms with van der Waals surface area (Å²) < 4.78 is 4.99. The fourth-order valence-electron chi connectivity index (χ4n) is 2.95. The van der Waals surface area contributed by atoms with Gasteiger partial charge in [-0.3, -0.25) is 4.79 Å². The van der Waals surface area contributed by atoms with E-state index >= 15 is 0 Å². The standard InChI is InChI=1S/C15H30N2O2/c1-4-12-7-9-13(10-8-12)17(2)15(18)14(16)6-5-11-19-3/h12-14H,4-11,16H2,1-3H3. The van der Waals surface area contributed by atoms with Crippen molar-refractivity contribution < 1.29 is 9.53 Å². The van der Waals surface area contributed by atoms with E-state index in [4.69, 9.17) is 10.5 Å². The van der Waals surface area contributed by atoms with Crippen LogP contribution in [0.15, 0.2) is 0 Å². The molecular weight excluding hydrogens is 240 g/mol. The molecule has 19 heavy (non-hydrogen) atoms. The van der Waals surface area contributed by atoms with Crippen molar-refractivity contribution in [2.75, 3.05) is 20.8 Å². The smallest absolute Gasteiger partial charge is 0.239 e. The van der Waals surface area contributed by atoms with Crippen molar-refractivity contribution in [1.29, 1.82) is 0 Å². The van der Waals surface area contributed by atoms with Gasteiger partial charge >= 0.3 is 0 Å². The summed E-state index contributed by atoms with van der Waals surface area (Å²) in [6.07, 6.45) is 7.58. The van der Waals surface area contributed by atoms with Crippen LogP contribution in [0.25, 0.3) is 0 Å². The third-order valence-electron chi connectivity index (χ3n) is 4.47. The van der Waals surface area contributed by atoms with Crippen molar-refractivity contribution >= 4 is 5.91 Å². The highest BCUT2D eigenvalue weighted by molar-refractivity contribution is 5.81. The lowest BCUT2D eigenvalue weighted by Gasteiger charge is -2.35. The van der Waals surface area contributed by atoms with Crippen molar-refractivity contribution in [1.82, 2.24) is 4.90 Å². The van der Waals surface area contributed by atoms with Gasteiger partial charge in [0.1, 0.15) is 0 Å². The highest BCUT2D eigenvalue weighted by Crippen LogP contribution is 2.29. The zero-order chi connectivity index (χ0) is 14.3. The summed E-state index contributed by atoms with van der Waals surface area (Å²) in [6.45, 7) is 2.93. The van der Waals surface area contributed by atoms with Crippen LogP contribution in [0.2, 0.25) is 0 Å². The Hall–Kier alpha value is -0.610. The number of rotatable bonds is 7. The summed E-state index contributed by atoms with van der Waals surface area (Å²) >= 11 is 0. The third-order valence-corrected chi connectivity index (χ3v) is 4.47. The number of nitrogens with two attached hydrogens (primary N) is 1. The monoisotopic (exact) mass is 270 g/mol. The molecule has 0 aliphatic heterocycles. The molecule has 1 unspecified atom stereocenters. The highest BCUT2D eigenvalue weighted by Gasteiger charge is 2.28. The molecule has 1 fully saturated rings. The number of hydrogen-bond donors (Lipinski definition) is 1. The van der Waals surface area contributed by atoms with E-state index in [0.29, 0.717) is 19.1 Å². The topological polar surface area (TPSA) is 55.6 Å². The second-order valence-electron chi connectivity index (χ2n) is 5.77. The van der Waals surface area contributed by atoms with E-state index < -0.39 is 0 Å². The number of carbonyl (C=O) groups excluding carboxylic acids is 1. The lowest BCUT2D eigenvalue weighted by Crippen LogP contribution is -2.47. The first kappa shape index (κ1) is 16.4. The van der Waals surface area contributed by atoms with Crippen LogP contribution in [0.4, 0.5) is 0 Å². The van der Waals surface area contributed by atoms with E-state index in [1.54, 1.807) is 7.11 Å². The van der Waals surface area contributed by atoms with Gasteiger partial charge in [-0.1, -0.05) is 13.3 Å². The molecular formula is C15H30N2O2. The first-order valence-electron chi connectivity index (χ1n) is 7.61. The second kappa shape index (κ2) is 8.54. The van der Waals surface area contributed by atoms with Crippen LogP contribution in [-0.4, -0.2) is 43.7 Å². The Balaban J connectivity index is 2.35. The van der Waals surface area contributed by atoms with Gasteiger partial charge in [0.15, 0.2) is 0 Å². The first-order chi connectivity index (χ1) is 9.10. The van der Waals surface area contributed by atoms with Crippen molar-refractivity contribution in [2.45, 2.75) is 64.0 Å². The van der Waals surface area contributed by atoms with Gasteiger partial charge in [-0.2, -0.15) is 0 Å². The molecule has 4 heteroatoms. The summed E-state index contributed by atoms with van der Waals surface area (Å²) in [4.78, 5) is 14.1. The third kappa shape index (κ3) is 5.11. The van der Waals surface area contributed by atoms with Gasteiger partial charge in [0.25, 0.3) is 0 Å². The SMILES string of the molecule is CCC1CCC(N(C)C(=O)C(N)CCCOC)CC1. The molecule has 1 amide bonds. The van der Waals surface area contributed by atoms with E-state index in [0.717, 1.165) is 25.2 Å². The van der Waals surface area contributed by atoms with Crippen molar-refractivity contribution in [3.63, 3.8) is 0 Å². The molecule has 0 heterocycles. The van der Waals surface area contributed by atoms with Gasteiger partial charge in [0.05, 0.1) is 6.04 Å². The number of amides is 1. The average Bonchev–Trinajstić information content (AvgIpc) is 2.46. The van der Waals surface area contributed by atoms with Crippen LogP contribution in [0.5, 0.6) is 0 Å². The molecule has 1 aliphatic carbocycles. The maximum atomic E-state index is 12.2. The summed E-state index contributed by atoms with van der Waals surface area (Å²) in [5.74, 6) is 0.950. The molecule has 0 aromatic carbocycles. The number of nitrogens with zero attached hydrogens (tertiary/aromatic N) is 1. The molecule has 0 bridgehead atoms. The number of hydrogen-bond acceptors (Lipinski definition) is 3. The summed E-state index contributed by atoms with van der Waals surface area (Å²) in [5, 5.41) is 0. The molecule has 0 spiro atoms. The van der Waals surface area contributed by atoms with Crippen LogP contribution in [-0.2, 0) is 9.53 Å². The Morgan fingerprint density at radius 2 is 2.00 bits per heavy atom. The van der Waals surface area contributed by atoms with Crippen molar-refractivity contribution in [3.8, 4) is 0 Å². The number of methoxy groups -OCH3 is 1. The van der Waals surface area contributed by atoms with Gasteiger partial charge in [-0.05, 0) is 44.4 Å². The second-order valence-corrected chi connectivity index (χ2v) is 5.77. The zero-order valence-electron chi connectivity index (χ0n) is 12.7. The fraction of sp³-hybridized carbons (Fsp3) is 0.933. The minimum Gasteiger partial charge on any atom is -0.385 e. The predicted octanol–water partition coefficient (Wildman–Crippen LogP) is 2.17. The van der Waals surface area contributed by atoms with E-state index in [9.17, 15) is 4.79 Å². The zero-order valence-corrected chi connectivity index (χ0v) is 12.7. The largest absolute Gasteiger partial charge is 0.385 e. The van der Waals surface area contributed by atoms with Crippen LogP contribution in [0.1, 0.15) is 51.9 Å². The highest BCUT2D eigenvalue weighted by atomic mass is 16.5. The minimum absolute atomic E-state index is 0.0936. The average molecular weight is 270 g/mol. The molecule has 0 aromatic heterocycles. The molecule has 1 rings (SSSR count). The van der Waals surface area contributed by atoms with Gasteiger partial charge in [0, 0.05) is 26.8 Å². The first-order valence-corrected chi connectivity index (χ1v) is 7.61. The number of carbonyl (C=O) groups is 1. The lowest BCUT2D eigenvalue weighted by molar-refractivity contribution is -0.134.